The molecule has 3 aliphatic carbocycles. The number of hydrogen-bond acceptors (Lipinski definition) is 1. The van der Waals surface area contributed by atoms with Gasteiger partial charge < -0.3 is 4.90 Å². The molecule has 4 aliphatic rings. The van der Waals surface area contributed by atoms with Crippen molar-refractivity contribution >= 4 is 22.6 Å². The Balaban J connectivity index is 1.23. The van der Waals surface area contributed by atoms with Crippen LogP contribution in [0.3, 0.4) is 0 Å². The van der Waals surface area contributed by atoms with E-state index < -0.39 is 5.41 Å². The minimum atomic E-state index is -0.395. The molecule has 1 nitrogen and oxygen atoms in total. The number of hydrogen-bond donors (Lipinski definition) is 0. The van der Waals surface area contributed by atoms with Gasteiger partial charge in [0, 0.05) is 11.1 Å². The zero-order valence-electron chi connectivity index (χ0n) is 34.5. The summed E-state index contributed by atoms with van der Waals surface area (Å²) in [5.74, 6) is 0.400. The summed E-state index contributed by atoms with van der Waals surface area (Å²) in [7, 11) is 0. The van der Waals surface area contributed by atoms with Crippen LogP contribution in [-0.2, 0) is 21.7 Å². The Bertz CT molecular complexity index is 2550. The number of para-hydroxylation sites is 2. The Hall–Kier alpha value is -5.40. The van der Waals surface area contributed by atoms with E-state index in [0.29, 0.717) is 5.92 Å². The first kappa shape index (κ1) is 35.0. The van der Waals surface area contributed by atoms with E-state index in [9.17, 15) is 0 Å². The standard InChI is InChI=1S/C55H53N/c1-34-16-14-18-42-43-19-15-17-39(35-24-28-38(29-25-35)56-48-22-12-10-20-44(48)54(8,9)45-21-11-13-23-49(45)56)51(43)55(50(34)42)46-32-36(52(2,3)4)26-30-40(46)41-31-27-37(33-47(41)55)53(5,6)7/h10-15,17-34H,16H2,1-9H3. The van der Waals surface area contributed by atoms with Crippen LogP contribution in [0, 0.1) is 5.92 Å². The van der Waals surface area contributed by atoms with Gasteiger partial charge in [0.25, 0.3) is 0 Å². The summed E-state index contributed by atoms with van der Waals surface area (Å²) in [5.41, 5.74) is 22.8. The van der Waals surface area contributed by atoms with Crippen molar-refractivity contribution in [3.8, 4) is 22.3 Å². The van der Waals surface area contributed by atoms with Gasteiger partial charge >= 0.3 is 0 Å². The lowest BCUT2D eigenvalue weighted by Crippen LogP contribution is -2.32. The van der Waals surface area contributed by atoms with Crippen molar-refractivity contribution in [3.63, 3.8) is 0 Å². The molecular formula is C55H53N. The van der Waals surface area contributed by atoms with Gasteiger partial charge in [0.2, 0.25) is 0 Å². The first-order valence-corrected chi connectivity index (χ1v) is 20.7. The summed E-state index contributed by atoms with van der Waals surface area (Å²) in [4.78, 5) is 2.47. The van der Waals surface area contributed by atoms with Gasteiger partial charge in [-0.05, 0) is 125 Å². The van der Waals surface area contributed by atoms with Crippen LogP contribution in [0.2, 0.25) is 0 Å². The second-order valence-corrected chi connectivity index (χ2v) is 19.4. The Morgan fingerprint density at radius 3 is 1.64 bits per heavy atom. The normalized spacial score (nSPS) is 18.3. The maximum Gasteiger partial charge on any atom is 0.0697 e. The molecule has 1 spiro atoms. The molecule has 1 heteroatoms. The van der Waals surface area contributed by atoms with Crippen LogP contribution < -0.4 is 4.90 Å². The van der Waals surface area contributed by atoms with Gasteiger partial charge in [0.1, 0.15) is 0 Å². The topological polar surface area (TPSA) is 3.24 Å². The van der Waals surface area contributed by atoms with E-state index in [-0.39, 0.29) is 16.2 Å². The van der Waals surface area contributed by atoms with E-state index in [1.54, 1.807) is 5.57 Å². The number of anilines is 3. The third-order valence-corrected chi connectivity index (χ3v) is 13.6. The van der Waals surface area contributed by atoms with Crippen LogP contribution in [0.1, 0.15) is 113 Å². The van der Waals surface area contributed by atoms with Crippen LogP contribution >= 0.6 is 0 Å². The fourth-order valence-electron chi connectivity index (χ4n) is 10.8. The molecule has 10 rings (SSSR count). The number of nitrogens with zero attached hydrogens (tertiary/aromatic N) is 1. The van der Waals surface area contributed by atoms with Gasteiger partial charge in [0.05, 0.1) is 16.8 Å². The molecule has 6 aromatic carbocycles. The molecule has 0 N–H and O–H groups in total. The highest BCUT2D eigenvalue weighted by Crippen LogP contribution is 2.66. The molecule has 6 aromatic rings. The predicted molar refractivity (Wildman–Crippen MR) is 238 cm³/mol. The lowest BCUT2D eigenvalue weighted by atomic mass is 9.63. The van der Waals surface area contributed by atoms with Crippen molar-refractivity contribution in [3.05, 3.63) is 190 Å². The second-order valence-electron chi connectivity index (χ2n) is 19.4. The molecule has 278 valence electrons. The number of rotatable bonds is 2. The summed E-state index contributed by atoms with van der Waals surface area (Å²) in [6.45, 7) is 21.3. The summed E-state index contributed by atoms with van der Waals surface area (Å²) < 4.78 is 0. The minimum absolute atomic E-state index is 0.0224. The molecule has 0 amide bonds. The largest absolute Gasteiger partial charge is 0.310 e. The van der Waals surface area contributed by atoms with Gasteiger partial charge in [-0.3, -0.25) is 0 Å². The summed E-state index contributed by atoms with van der Waals surface area (Å²) >= 11 is 0. The predicted octanol–water partition coefficient (Wildman–Crippen LogP) is 14.7. The Kier molecular flexibility index (Phi) is 7.39. The first-order chi connectivity index (χ1) is 26.7. The van der Waals surface area contributed by atoms with Crippen molar-refractivity contribution in [1.29, 1.82) is 0 Å². The molecule has 1 heterocycles. The van der Waals surface area contributed by atoms with Crippen molar-refractivity contribution in [2.75, 3.05) is 4.90 Å². The monoisotopic (exact) mass is 727 g/mol. The maximum atomic E-state index is 2.59. The summed E-state index contributed by atoms with van der Waals surface area (Å²) in [6, 6.07) is 49.3. The first-order valence-electron chi connectivity index (χ1n) is 20.7. The molecular weight excluding hydrogens is 675 g/mol. The summed E-state index contributed by atoms with van der Waals surface area (Å²) in [5, 5.41) is 0. The number of fused-ring (bicyclic) bond motifs is 11. The van der Waals surface area contributed by atoms with Crippen LogP contribution in [0.25, 0.3) is 27.8 Å². The lowest BCUT2D eigenvalue weighted by molar-refractivity contribution is 0.572. The van der Waals surface area contributed by atoms with Gasteiger partial charge in [-0.2, -0.15) is 0 Å². The average Bonchev–Trinajstić information content (AvgIpc) is 3.65. The highest BCUT2D eigenvalue weighted by Gasteiger charge is 2.55. The van der Waals surface area contributed by atoms with E-state index in [1.165, 1.54) is 89.4 Å². The SMILES string of the molecule is CC1CC=CC2=C1C1(c3cc(C(C)(C)C)ccc3-c3ccc(C(C)(C)C)cc31)c1c2cccc1-c1ccc(N2c3ccccc3C(C)(C)c3ccccc32)cc1. The fraction of sp³-hybridized carbons (Fsp3) is 0.273. The molecule has 0 aromatic heterocycles. The maximum absolute atomic E-state index is 2.59. The van der Waals surface area contributed by atoms with Crippen LogP contribution in [0.4, 0.5) is 17.1 Å². The molecule has 0 radical (unpaired) electrons. The average molecular weight is 728 g/mol. The van der Waals surface area contributed by atoms with Crippen molar-refractivity contribution in [2.45, 2.75) is 90.4 Å². The van der Waals surface area contributed by atoms with Crippen molar-refractivity contribution in [1.82, 2.24) is 0 Å². The van der Waals surface area contributed by atoms with Crippen molar-refractivity contribution in [2.24, 2.45) is 5.92 Å². The van der Waals surface area contributed by atoms with Gasteiger partial charge in [-0.25, -0.2) is 0 Å². The van der Waals surface area contributed by atoms with E-state index in [2.05, 4.69) is 207 Å². The van der Waals surface area contributed by atoms with Gasteiger partial charge in [-0.1, -0.05) is 178 Å². The molecule has 0 saturated heterocycles. The zero-order chi connectivity index (χ0) is 38.9. The highest BCUT2D eigenvalue weighted by molar-refractivity contribution is 6.01. The number of allylic oxidation sites excluding steroid dienone is 4. The van der Waals surface area contributed by atoms with Crippen LogP contribution in [-0.4, -0.2) is 0 Å². The molecule has 0 bridgehead atoms. The van der Waals surface area contributed by atoms with E-state index >= 15 is 0 Å². The third kappa shape index (κ3) is 4.73. The molecule has 0 fully saturated rings. The minimum Gasteiger partial charge on any atom is -0.310 e. The fourth-order valence-corrected chi connectivity index (χ4v) is 10.8. The number of benzene rings is 6. The third-order valence-electron chi connectivity index (χ3n) is 13.6. The Morgan fingerprint density at radius 2 is 1.09 bits per heavy atom. The quantitative estimate of drug-likeness (QED) is 0.172. The molecule has 1 aliphatic heterocycles. The molecule has 1 unspecified atom stereocenters. The Morgan fingerprint density at radius 1 is 0.554 bits per heavy atom. The van der Waals surface area contributed by atoms with Crippen LogP contribution in [0.5, 0.6) is 0 Å². The van der Waals surface area contributed by atoms with E-state index in [1.807, 2.05) is 0 Å². The lowest BCUT2D eigenvalue weighted by Gasteiger charge is -2.42. The highest BCUT2D eigenvalue weighted by atomic mass is 15.2. The van der Waals surface area contributed by atoms with Gasteiger partial charge in [0.15, 0.2) is 0 Å². The summed E-state index contributed by atoms with van der Waals surface area (Å²) in [6.07, 6.45) is 5.91. The molecule has 1 atom stereocenters. The van der Waals surface area contributed by atoms with E-state index in [0.717, 1.165) is 6.42 Å². The van der Waals surface area contributed by atoms with Crippen molar-refractivity contribution < 1.29 is 0 Å². The zero-order valence-corrected chi connectivity index (χ0v) is 34.5. The van der Waals surface area contributed by atoms with Crippen LogP contribution in [0.15, 0.2) is 145 Å². The second kappa shape index (κ2) is 11.8. The van der Waals surface area contributed by atoms with Gasteiger partial charge in [-0.15, -0.1) is 0 Å². The van der Waals surface area contributed by atoms with E-state index in [4.69, 9.17) is 0 Å². The smallest absolute Gasteiger partial charge is 0.0697 e. The molecule has 0 saturated carbocycles. The Labute approximate surface area is 334 Å². The molecule has 56 heavy (non-hydrogen) atoms.